The van der Waals surface area contributed by atoms with Gasteiger partial charge in [-0.05, 0) is 37.5 Å². The molecule has 2 N–H and O–H groups in total. The Hall–Kier alpha value is -1.06. The second kappa shape index (κ2) is 4.25. The van der Waals surface area contributed by atoms with Crippen LogP contribution in [0.15, 0.2) is 16.5 Å². The minimum atomic E-state index is -0.393. The van der Waals surface area contributed by atoms with Gasteiger partial charge in [-0.2, -0.15) is 0 Å². The molecule has 3 nitrogen and oxygen atoms in total. The van der Waals surface area contributed by atoms with E-state index in [1.807, 2.05) is 19.1 Å². The smallest absolute Gasteiger partial charge is 0.215 e. The molecule has 1 aliphatic rings. The van der Waals surface area contributed by atoms with Crippen molar-refractivity contribution in [2.75, 3.05) is 0 Å². The first-order valence-electron chi connectivity index (χ1n) is 6.44. The highest BCUT2D eigenvalue weighted by atomic mass is 35.5. The summed E-state index contributed by atoms with van der Waals surface area (Å²) < 4.78 is 5.90. The van der Waals surface area contributed by atoms with E-state index in [-0.39, 0.29) is 0 Å². The van der Waals surface area contributed by atoms with Gasteiger partial charge < -0.3 is 10.2 Å². The monoisotopic (exact) mass is 264 g/mol. The van der Waals surface area contributed by atoms with E-state index in [0.717, 1.165) is 42.3 Å². The SMILES string of the molecule is Cc1cc(Cl)cc2nc(C3(N)CCCCC3)oc12. The quantitative estimate of drug-likeness (QED) is 0.850. The molecule has 1 fully saturated rings. The fourth-order valence-electron chi connectivity index (χ4n) is 2.77. The molecule has 2 aromatic rings. The lowest BCUT2D eigenvalue weighted by Crippen LogP contribution is -2.38. The molecule has 3 rings (SSSR count). The number of aromatic nitrogens is 1. The predicted molar refractivity (Wildman–Crippen MR) is 72.7 cm³/mol. The minimum Gasteiger partial charge on any atom is -0.438 e. The van der Waals surface area contributed by atoms with Crippen molar-refractivity contribution in [3.63, 3.8) is 0 Å². The van der Waals surface area contributed by atoms with Crippen LogP contribution in [0.25, 0.3) is 11.1 Å². The number of halogens is 1. The van der Waals surface area contributed by atoms with Gasteiger partial charge in [-0.25, -0.2) is 4.98 Å². The summed E-state index contributed by atoms with van der Waals surface area (Å²) in [6.07, 6.45) is 5.45. The number of benzene rings is 1. The van der Waals surface area contributed by atoms with Gasteiger partial charge in [0.2, 0.25) is 5.89 Å². The van der Waals surface area contributed by atoms with Crippen LogP contribution in [0, 0.1) is 6.92 Å². The Kier molecular flexibility index (Phi) is 2.83. The summed E-state index contributed by atoms with van der Waals surface area (Å²) in [4.78, 5) is 4.55. The van der Waals surface area contributed by atoms with Crippen LogP contribution in [0.2, 0.25) is 5.02 Å². The van der Waals surface area contributed by atoms with Crippen LogP contribution in [0.1, 0.15) is 43.6 Å². The Balaban J connectivity index is 2.10. The molecule has 1 saturated carbocycles. The predicted octanol–water partition coefficient (Wildman–Crippen LogP) is 3.91. The van der Waals surface area contributed by atoms with Gasteiger partial charge in [0, 0.05) is 5.02 Å². The molecule has 0 amide bonds. The number of oxazole rings is 1. The molecule has 18 heavy (non-hydrogen) atoms. The van der Waals surface area contributed by atoms with E-state index < -0.39 is 5.54 Å². The number of rotatable bonds is 1. The van der Waals surface area contributed by atoms with Gasteiger partial charge in [0.05, 0.1) is 5.54 Å². The number of fused-ring (bicyclic) bond motifs is 1. The summed E-state index contributed by atoms with van der Waals surface area (Å²) in [5.41, 5.74) is 8.68. The van der Waals surface area contributed by atoms with Crippen LogP contribution >= 0.6 is 11.6 Å². The summed E-state index contributed by atoms with van der Waals surface area (Å²) >= 11 is 6.04. The summed E-state index contributed by atoms with van der Waals surface area (Å²) in [5.74, 6) is 0.669. The average molecular weight is 265 g/mol. The van der Waals surface area contributed by atoms with Gasteiger partial charge in [-0.15, -0.1) is 0 Å². The number of hydrogen-bond donors (Lipinski definition) is 1. The highest BCUT2D eigenvalue weighted by Crippen LogP contribution is 2.36. The molecular formula is C14H17ClN2O. The Morgan fingerprint density at radius 2 is 2.00 bits per heavy atom. The van der Waals surface area contributed by atoms with Gasteiger partial charge in [0.25, 0.3) is 0 Å². The molecule has 1 aliphatic carbocycles. The van der Waals surface area contributed by atoms with E-state index in [1.165, 1.54) is 6.42 Å². The van der Waals surface area contributed by atoms with Gasteiger partial charge in [0.15, 0.2) is 5.58 Å². The fourth-order valence-corrected chi connectivity index (χ4v) is 3.03. The van der Waals surface area contributed by atoms with Crippen molar-refractivity contribution in [3.8, 4) is 0 Å². The zero-order chi connectivity index (χ0) is 12.8. The van der Waals surface area contributed by atoms with E-state index in [4.69, 9.17) is 21.8 Å². The van der Waals surface area contributed by atoms with E-state index >= 15 is 0 Å². The van der Waals surface area contributed by atoms with Gasteiger partial charge >= 0.3 is 0 Å². The zero-order valence-corrected chi connectivity index (χ0v) is 11.3. The minimum absolute atomic E-state index is 0.393. The Morgan fingerprint density at radius 1 is 1.28 bits per heavy atom. The third kappa shape index (κ3) is 1.91. The second-order valence-electron chi connectivity index (χ2n) is 5.31. The topological polar surface area (TPSA) is 52.0 Å². The molecule has 0 atom stereocenters. The molecule has 96 valence electrons. The normalized spacial score (nSPS) is 19.3. The van der Waals surface area contributed by atoms with Crippen LogP contribution in [-0.4, -0.2) is 4.98 Å². The summed E-state index contributed by atoms with van der Waals surface area (Å²) in [5, 5.41) is 0.689. The van der Waals surface area contributed by atoms with Gasteiger partial charge in [-0.1, -0.05) is 30.9 Å². The van der Waals surface area contributed by atoms with Crippen molar-refractivity contribution in [1.29, 1.82) is 0 Å². The van der Waals surface area contributed by atoms with E-state index in [0.29, 0.717) is 10.9 Å². The Labute approximate surface area is 111 Å². The number of hydrogen-bond acceptors (Lipinski definition) is 3. The first-order chi connectivity index (χ1) is 8.58. The van der Waals surface area contributed by atoms with Crippen LogP contribution in [-0.2, 0) is 5.54 Å². The van der Waals surface area contributed by atoms with Crippen molar-refractivity contribution in [3.05, 3.63) is 28.6 Å². The zero-order valence-electron chi connectivity index (χ0n) is 10.5. The van der Waals surface area contributed by atoms with Crippen molar-refractivity contribution in [2.24, 2.45) is 5.73 Å². The lowest BCUT2D eigenvalue weighted by Gasteiger charge is -2.29. The molecular weight excluding hydrogens is 248 g/mol. The lowest BCUT2D eigenvalue weighted by molar-refractivity contribution is 0.247. The molecule has 0 unspecified atom stereocenters. The Morgan fingerprint density at radius 3 is 2.72 bits per heavy atom. The molecule has 0 bridgehead atoms. The number of nitrogens with zero attached hydrogens (tertiary/aromatic N) is 1. The lowest BCUT2D eigenvalue weighted by atomic mass is 9.82. The Bertz CT molecular complexity index is 585. The van der Waals surface area contributed by atoms with Gasteiger partial charge in [0.1, 0.15) is 5.52 Å². The van der Waals surface area contributed by atoms with Crippen LogP contribution < -0.4 is 5.73 Å². The highest BCUT2D eigenvalue weighted by molar-refractivity contribution is 6.31. The summed E-state index contributed by atoms with van der Waals surface area (Å²) in [7, 11) is 0. The standard InChI is InChI=1S/C14H17ClN2O/c1-9-7-10(15)8-11-12(9)18-13(17-11)14(16)5-3-2-4-6-14/h7-8H,2-6,16H2,1H3. The number of nitrogens with two attached hydrogens (primary N) is 1. The molecule has 1 aromatic carbocycles. The van der Waals surface area contributed by atoms with Gasteiger partial charge in [-0.3, -0.25) is 0 Å². The third-order valence-corrected chi connectivity index (χ3v) is 4.03. The van der Waals surface area contributed by atoms with Crippen LogP contribution in [0.5, 0.6) is 0 Å². The van der Waals surface area contributed by atoms with E-state index in [1.54, 1.807) is 0 Å². The van der Waals surface area contributed by atoms with E-state index in [2.05, 4.69) is 4.98 Å². The first-order valence-corrected chi connectivity index (χ1v) is 6.82. The summed E-state index contributed by atoms with van der Waals surface area (Å²) in [6.45, 7) is 1.98. The number of aryl methyl sites for hydroxylation is 1. The molecule has 0 radical (unpaired) electrons. The maximum absolute atomic E-state index is 6.44. The first kappa shape index (κ1) is 12.0. The van der Waals surface area contributed by atoms with Crippen molar-refractivity contribution < 1.29 is 4.42 Å². The van der Waals surface area contributed by atoms with Crippen LogP contribution in [0.3, 0.4) is 0 Å². The molecule has 0 spiro atoms. The molecule has 0 saturated heterocycles. The molecule has 1 heterocycles. The van der Waals surface area contributed by atoms with E-state index in [9.17, 15) is 0 Å². The molecule has 1 aromatic heterocycles. The van der Waals surface area contributed by atoms with Crippen molar-refractivity contribution >= 4 is 22.7 Å². The maximum atomic E-state index is 6.44. The molecule has 0 aliphatic heterocycles. The largest absolute Gasteiger partial charge is 0.438 e. The van der Waals surface area contributed by atoms with Crippen molar-refractivity contribution in [1.82, 2.24) is 4.98 Å². The maximum Gasteiger partial charge on any atom is 0.215 e. The molecule has 4 heteroatoms. The average Bonchev–Trinajstić information content (AvgIpc) is 2.74. The fraction of sp³-hybridized carbons (Fsp3) is 0.500. The van der Waals surface area contributed by atoms with Crippen molar-refractivity contribution in [2.45, 2.75) is 44.6 Å². The van der Waals surface area contributed by atoms with Crippen LogP contribution in [0.4, 0.5) is 0 Å². The second-order valence-corrected chi connectivity index (χ2v) is 5.74. The third-order valence-electron chi connectivity index (χ3n) is 3.81. The summed E-state index contributed by atoms with van der Waals surface area (Å²) in [6, 6.07) is 3.73. The highest BCUT2D eigenvalue weighted by Gasteiger charge is 2.34.